The zero-order valence-electron chi connectivity index (χ0n) is 16.9. The van der Waals surface area contributed by atoms with Crippen molar-refractivity contribution >= 4 is 23.2 Å². The second kappa shape index (κ2) is 9.40. The summed E-state index contributed by atoms with van der Waals surface area (Å²) in [7, 11) is 1.39. The van der Waals surface area contributed by atoms with Gasteiger partial charge in [0.15, 0.2) is 5.76 Å². The summed E-state index contributed by atoms with van der Waals surface area (Å²) >= 11 is 0. The number of methoxy groups -OCH3 is 1. The van der Waals surface area contributed by atoms with E-state index in [2.05, 4.69) is 10.2 Å². The lowest BCUT2D eigenvalue weighted by Crippen LogP contribution is -2.49. The van der Waals surface area contributed by atoms with E-state index in [0.717, 1.165) is 0 Å². The summed E-state index contributed by atoms with van der Waals surface area (Å²) in [6.45, 7) is 4.81. The molecular weight excluding hydrogens is 392 g/mol. The van der Waals surface area contributed by atoms with Gasteiger partial charge >= 0.3 is 0 Å². The van der Waals surface area contributed by atoms with E-state index < -0.39 is 4.92 Å². The summed E-state index contributed by atoms with van der Waals surface area (Å²) in [5.74, 6) is 0.945. The zero-order valence-corrected chi connectivity index (χ0v) is 16.9. The topological polar surface area (TPSA) is 118 Å². The number of benzene rings is 1. The number of anilines is 1. The van der Waals surface area contributed by atoms with Gasteiger partial charge in [-0.2, -0.15) is 0 Å². The smallest absolute Gasteiger partial charge is 0.289 e. The third kappa shape index (κ3) is 5.15. The Kier molecular flexibility index (Phi) is 6.68. The summed E-state index contributed by atoms with van der Waals surface area (Å²) in [5, 5.41) is 13.6. The summed E-state index contributed by atoms with van der Waals surface area (Å²) in [6, 6.07) is 7.49. The normalized spacial score (nSPS) is 14.4. The molecule has 2 aromatic rings. The van der Waals surface area contributed by atoms with Crippen molar-refractivity contribution < 1.29 is 23.7 Å². The number of carbonyl (C=O) groups excluding carboxylic acids is 2. The molecule has 30 heavy (non-hydrogen) atoms. The van der Waals surface area contributed by atoms with Crippen molar-refractivity contribution in [3.05, 3.63) is 52.0 Å². The first-order valence-electron chi connectivity index (χ1n) is 9.57. The van der Waals surface area contributed by atoms with Gasteiger partial charge in [-0.25, -0.2) is 0 Å². The van der Waals surface area contributed by atoms with Gasteiger partial charge in [-0.1, -0.05) is 0 Å². The summed E-state index contributed by atoms with van der Waals surface area (Å²) < 4.78 is 10.5. The molecule has 1 saturated heterocycles. The molecule has 0 saturated carbocycles. The minimum absolute atomic E-state index is 0.109. The number of non-ortho nitro benzene ring substituents is 1. The van der Waals surface area contributed by atoms with E-state index in [1.165, 1.54) is 25.3 Å². The van der Waals surface area contributed by atoms with Crippen LogP contribution in [0.5, 0.6) is 5.75 Å². The fraction of sp³-hybridized carbons (Fsp3) is 0.400. The first-order valence-corrected chi connectivity index (χ1v) is 9.57. The minimum Gasteiger partial charge on any atom is -0.494 e. The van der Waals surface area contributed by atoms with Crippen LogP contribution in [0, 0.1) is 17.0 Å². The molecule has 10 nitrogen and oxygen atoms in total. The van der Waals surface area contributed by atoms with Gasteiger partial charge in [0, 0.05) is 45.2 Å². The van der Waals surface area contributed by atoms with Crippen LogP contribution in [-0.2, 0) is 4.79 Å². The molecule has 0 aliphatic carbocycles. The Morgan fingerprint density at radius 1 is 1.20 bits per heavy atom. The number of rotatable bonds is 7. The molecule has 2 amide bonds. The van der Waals surface area contributed by atoms with Crippen molar-refractivity contribution in [2.24, 2.45) is 0 Å². The van der Waals surface area contributed by atoms with E-state index in [-0.39, 0.29) is 29.7 Å². The van der Waals surface area contributed by atoms with Crippen molar-refractivity contribution in [2.75, 3.05) is 45.2 Å². The number of nitro benzene ring substituents is 1. The van der Waals surface area contributed by atoms with Gasteiger partial charge < -0.3 is 19.4 Å². The lowest BCUT2D eigenvalue weighted by Gasteiger charge is -2.34. The molecule has 1 aliphatic rings. The molecule has 160 valence electrons. The summed E-state index contributed by atoms with van der Waals surface area (Å²) in [4.78, 5) is 38.9. The fourth-order valence-electron chi connectivity index (χ4n) is 3.25. The van der Waals surface area contributed by atoms with Crippen LogP contribution in [0.15, 0.2) is 34.7 Å². The van der Waals surface area contributed by atoms with Crippen LogP contribution in [0.1, 0.15) is 22.7 Å². The van der Waals surface area contributed by atoms with Crippen LogP contribution in [0.3, 0.4) is 0 Å². The molecule has 0 spiro atoms. The van der Waals surface area contributed by atoms with Crippen molar-refractivity contribution in [1.29, 1.82) is 0 Å². The number of carbonyl (C=O) groups is 2. The first-order chi connectivity index (χ1) is 14.4. The highest BCUT2D eigenvalue weighted by Crippen LogP contribution is 2.29. The number of nitro groups is 1. The molecular formula is C20H24N4O6. The first kappa shape index (κ1) is 21.3. The molecule has 10 heteroatoms. The maximum Gasteiger partial charge on any atom is 0.289 e. The van der Waals surface area contributed by atoms with Crippen LogP contribution in [0.25, 0.3) is 0 Å². The van der Waals surface area contributed by atoms with E-state index in [1.54, 1.807) is 24.0 Å². The van der Waals surface area contributed by atoms with Crippen LogP contribution < -0.4 is 10.1 Å². The Morgan fingerprint density at radius 3 is 2.53 bits per heavy atom. The number of aryl methyl sites for hydroxylation is 1. The number of hydrogen-bond acceptors (Lipinski definition) is 7. The standard InChI is InChI=1S/C20H24N4O6/c1-14-3-6-17(30-14)20(26)23-11-9-22(10-12-23)8-7-19(25)21-16-5-4-15(24(27)28)13-18(16)29-2/h3-6,13H,7-12H2,1-2H3,(H,21,25). The van der Waals surface area contributed by atoms with Gasteiger partial charge in [0.1, 0.15) is 11.5 Å². The largest absolute Gasteiger partial charge is 0.494 e. The number of piperazine rings is 1. The Balaban J connectivity index is 1.46. The van der Waals surface area contributed by atoms with E-state index in [4.69, 9.17) is 9.15 Å². The Bertz CT molecular complexity index is 933. The number of nitrogens with zero attached hydrogens (tertiary/aromatic N) is 3. The highest BCUT2D eigenvalue weighted by molar-refractivity contribution is 5.93. The van der Waals surface area contributed by atoms with Crippen molar-refractivity contribution in [1.82, 2.24) is 9.80 Å². The third-order valence-electron chi connectivity index (χ3n) is 4.94. The number of furan rings is 1. The Labute approximate surface area is 173 Å². The monoisotopic (exact) mass is 416 g/mol. The number of ether oxygens (including phenoxy) is 1. The van der Waals surface area contributed by atoms with Gasteiger partial charge in [-0.15, -0.1) is 0 Å². The van der Waals surface area contributed by atoms with Crippen LogP contribution >= 0.6 is 0 Å². The molecule has 0 atom stereocenters. The maximum atomic E-state index is 12.4. The van der Waals surface area contributed by atoms with E-state index in [1.807, 2.05) is 0 Å². The van der Waals surface area contributed by atoms with Gasteiger partial charge in [-0.05, 0) is 25.1 Å². The molecule has 1 fully saturated rings. The predicted molar refractivity (Wildman–Crippen MR) is 109 cm³/mol. The molecule has 0 radical (unpaired) electrons. The zero-order chi connectivity index (χ0) is 21.7. The lowest BCUT2D eigenvalue weighted by atomic mass is 10.2. The van der Waals surface area contributed by atoms with Gasteiger partial charge in [0.05, 0.1) is 23.8 Å². The minimum atomic E-state index is -0.522. The van der Waals surface area contributed by atoms with Gasteiger partial charge in [0.25, 0.3) is 11.6 Å². The van der Waals surface area contributed by atoms with Crippen LogP contribution in [-0.4, -0.2) is 66.4 Å². The molecule has 0 unspecified atom stereocenters. The van der Waals surface area contributed by atoms with E-state index in [0.29, 0.717) is 49.9 Å². The number of amides is 2. The van der Waals surface area contributed by atoms with Crippen molar-refractivity contribution in [2.45, 2.75) is 13.3 Å². The van der Waals surface area contributed by atoms with E-state index in [9.17, 15) is 19.7 Å². The predicted octanol–water partition coefficient (Wildman–Crippen LogP) is 2.29. The average molecular weight is 416 g/mol. The number of hydrogen-bond donors (Lipinski definition) is 1. The fourth-order valence-corrected chi connectivity index (χ4v) is 3.25. The third-order valence-corrected chi connectivity index (χ3v) is 4.94. The maximum absolute atomic E-state index is 12.4. The molecule has 2 heterocycles. The van der Waals surface area contributed by atoms with Crippen LogP contribution in [0.4, 0.5) is 11.4 Å². The molecule has 1 aromatic heterocycles. The summed E-state index contributed by atoms with van der Waals surface area (Å²) in [5.41, 5.74) is 0.277. The number of nitrogens with one attached hydrogen (secondary N) is 1. The highest BCUT2D eigenvalue weighted by atomic mass is 16.6. The van der Waals surface area contributed by atoms with Crippen molar-refractivity contribution in [3.63, 3.8) is 0 Å². The highest BCUT2D eigenvalue weighted by Gasteiger charge is 2.24. The quantitative estimate of drug-likeness (QED) is 0.543. The van der Waals surface area contributed by atoms with E-state index >= 15 is 0 Å². The molecule has 1 aliphatic heterocycles. The SMILES string of the molecule is COc1cc([N+](=O)[O-])ccc1NC(=O)CCN1CCN(C(=O)c2ccc(C)o2)CC1. The second-order valence-corrected chi connectivity index (χ2v) is 6.98. The lowest BCUT2D eigenvalue weighted by molar-refractivity contribution is -0.384. The van der Waals surface area contributed by atoms with Crippen molar-refractivity contribution in [3.8, 4) is 5.75 Å². The molecule has 3 rings (SSSR count). The average Bonchev–Trinajstić information content (AvgIpc) is 3.18. The van der Waals surface area contributed by atoms with Gasteiger partial charge in [0.2, 0.25) is 5.91 Å². The molecule has 1 aromatic carbocycles. The molecule has 1 N–H and O–H groups in total. The Morgan fingerprint density at radius 2 is 1.93 bits per heavy atom. The second-order valence-electron chi connectivity index (χ2n) is 6.98. The van der Waals surface area contributed by atoms with Crippen LogP contribution in [0.2, 0.25) is 0 Å². The summed E-state index contributed by atoms with van der Waals surface area (Å²) in [6.07, 6.45) is 0.255. The molecule has 0 bridgehead atoms. The Hall–Kier alpha value is -3.40. The van der Waals surface area contributed by atoms with Gasteiger partial charge in [-0.3, -0.25) is 24.6 Å².